The van der Waals surface area contributed by atoms with Crippen molar-refractivity contribution < 1.29 is 37.0 Å². The Morgan fingerprint density at radius 1 is 0.986 bits per heavy atom. The van der Waals surface area contributed by atoms with Crippen molar-refractivity contribution in [2.75, 3.05) is 65.2 Å². The summed E-state index contributed by atoms with van der Waals surface area (Å²) in [5, 5.41) is 17.2. The number of amides is 2. The van der Waals surface area contributed by atoms with Crippen LogP contribution in [0.25, 0.3) is 11.3 Å². The van der Waals surface area contributed by atoms with Crippen LogP contribution < -0.4 is 30.1 Å². The first-order valence-electron chi connectivity index (χ1n) is 24.2. The maximum Gasteiger partial charge on any atom is 0.398 e. The van der Waals surface area contributed by atoms with E-state index in [4.69, 9.17) is 9.72 Å². The highest BCUT2D eigenvalue weighted by atomic mass is 19.4. The van der Waals surface area contributed by atoms with Crippen LogP contribution in [0.5, 0.6) is 5.88 Å². The van der Waals surface area contributed by atoms with Crippen molar-refractivity contribution in [3.8, 4) is 17.1 Å². The van der Waals surface area contributed by atoms with Gasteiger partial charge in [-0.15, -0.1) is 0 Å². The van der Waals surface area contributed by atoms with E-state index in [1.54, 1.807) is 29.4 Å². The number of carbonyl (C=O) groups excluding carboxylic acids is 2. The lowest BCUT2D eigenvalue weighted by molar-refractivity contribution is -0.180. The Bertz CT molecular complexity index is 2880. The lowest BCUT2D eigenvalue weighted by atomic mass is 9.83. The zero-order valence-electron chi connectivity index (χ0n) is 41.3. The van der Waals surface area contributed by atoms with E-state index in [2.05, 4.69) is 74.1 Å². The Morgan fingerprint density at radius 3 is 2.48 bits per heavy atom. The monoisotopic (exact) mass is 978 g/mol. The molecule has 6 heterocycles. The molecule has 14 nitrogen and oxygen atoms in total. The van der Waals surface area contributed by atoms with Gasteiger partial charge in [-0.25, -0.2) is 19.3 Å². The number of anilines is 6. The molecule has 2 aromatic carbocycles. The maximum atomic E-state index is 14.8. The first-order valence-corrected chi connectivity index (χ1v) is 24.2. The van der Waals surface area contributed by atoms with E-state index in [-0.39, 0.29) is 52.6 Å². The van der Waals surface area contributed by atoms with Gasteiger partial charge in [-0.3, -0.25) is 19.4 Å². The van der Waals surface area contributed by atoms with Crippen LogP contribution in [-0.2, 0) is 36.2 Å². The van der Waals surface area contributed by atoms with Crippen LogP contribution in [0.1, 0.15) is 87.3 Å². The van der Waals surface area contributed by atoms with Gasteiger partial charge in [0.1, 0.15) is 17.3 Å². The molecule has 18 heteroatoms. The second-order valence-corrected chi connectivity index (χ2v) is 20.7. The highest BCUT2D eigenvalue weighted by molar-refractivity contribution is 6.06. The number of piperazine rings is 1. The van der Waals surface area contributed by atoms with Gasteiger partial charge in [0.05, 0.1) is 42.4 Å². The molecular weight excluding hydrogens is 917 g/mol. The number of piperidine rings is 1. The summed E-state index contributed by atoms with van der Waals surface area (Å²) in [6.07, 6.45) is 3.16. The number of benzene rings is 2. The van der Waals surface area contributed by atoms with Gasteiger partial charge in [-0.05, 0) is 119 Å². The molecule has 3 aromatic heterocycles. The van der Waals surface area contributed by atoms with Crippen LogP contribution >= 0.6 is 0 Å². The molecule has 4 aliphatic rings. The van der Waals surface area contributed by atoms with Gasteiger partial charge in [0.2, 0.25) is 5.91 Å². The first-order chi connectivity index (χ1) is 33.7. The topological polar surface area (TPSA) is 144 Å². The predicted octanol–water partition coefficient (Wildman–Crippen LogP) is 9.04. The summed E-state index contributed by atoms with van der Waals surface area (Å²) in [4.78, 5) is 49.5. The normalized spacial score (nSPS) is 20.4. The summed E-state index contributed by atoms with van der Waals surface area (Å²) >= 11 is 0. The number of hydrogen-bond donors (Lipinski definition) is 3. The lowest BCUT2D eigenvalue weighted by Gasteiger charge is -2.48. The molecule has 0 bridgehead atoms. The van der Waals surface area contributed by atoms with E-state index in [0.29, 0.717) is 71.6 Å². The standard InChI is InChI=1S/C53H62F4N10O4/c1-9-46(69)61-41-24-34(10-13-43(41)65-19-18-63(29-32(65)3)35-15-17-64(31(2)22-35)36-11-12-40(54)39(25-36)52(6,7)53(55,56)57)60-47-49(71-8)59-28-42(62-47)37-14-16-58-48(38(37)30-68)67-21-20-66-44(50(67)70)23-33-26-51(4,5)27-45(33)66/h9-14,16,23-25,28,31-32,35,68H,1,15,17-22,26-27,29-30H2,2-8H3,(H,60,62)(H,61,69)/t31-,32+,35?/m1/s1. The lowest BCUT2D eigenvalue weighted by Crippen LogP contribution is -2.58. The molecule has 3 atom stereocenters. The number of rotatable bonds is 12. The van der Waals surface area contributed by atoms with Crippen LogP contribution in [0.15, 0.2) is 73.6 Å². The molecule has 3 N–H and O–H groups in total. The molecule has 2 amide bonds. The zero-order valence-corrected chi connectivity index (χ0v) is 41.3. The third-order valence-electron chi connectivity index (χ3n) is 15.0. The summed E-state index contributed by atoms with van der Waals surface area (Å²) in [7, 11) is 1.49. The van der Waals surface area contributed by atoms with Gasteiger partial charge in [-0.1, -0.05) is 20.4 Å². The quantitative estimate of drug-likeness (QED) is 0.0814. The van der Waals surface area contributed by atoms with Crippen molar-refractivity contribution in [2.45, 2.75) is 110 Å². The molecular formula is C53H62F4N10O4. The van der Waals surface area contributed by atoms with Crippen LogP contribution in [-0.4, -0.2) is 105 Å². The van der Waals surface area contributed by atoms with Gasteiger partial charge < -0.3 is 34.8 Å². The fourth-order valence-electron chi connectivity index (χ4n) is 11.1. The van der Waals surface area contributed by atoms with Crippen molar-refractivity contribution in [3.05, 3.63) is 107 Å². The fraction of sp³-hybridized carbons (Fsp3) is 0.453. The van der Waals surface area contributed by atoms with Crippen molar-refractivity contribution in [1.29, 1.82) is 0 Å². The highest BCUT2D eigenvalue weighted by Gasteiger charge is 2.50. The number of carbonyl (C=O) groups is 2. The van der Waals surface area contributed by atoms with Crippen molar-refractivity contribution >= 4 is 46.2 Å². The van der Waals surface area contributed by atoms with Crippen LogP contribution in [0, 0.1) is 11.2 Å². The van der Waals surface area contributed by atoms with Crippen molar-refractivity contribution in [3.63, 3.8) is 0 Å². The number of alkyl halides is 3. The Morgan fingerprint density at radius 2 is 1.77 bits per heavy atom. The summed E-state index contributed by atoms with van der Waals surface area (Å²) in [6.45, 7) is 17.7. The van der Waals surface area contributed by atoms with E-state index in [1.807, 2.05) is 24.3 Å². The zero-order chi connectivity index (χ0) is 50.7. The number of ether oxygens (including phenoxy) is 1. The Kier molecular flexibility index (Phi) is 13.2. The molecule has 2 fully saturated rings. The van der Waals surface area contributed by atoms with Gasteiger partial charge in [-0.2, -0.15) is 13.2 Å². The highest BCUT2D eigenvalue weighted by Crippen LogP contribution is 2.44. The van der Waals surface area contributed by atoms with Crippen molar-refractivity contribution in [2.24, 2.45) is 5.41 Å². The number of fused-ring (bicyclic) bond motifs is 3. The Balaban J connectivity index is 0.910. The molecule has 71 heavy (non-hydrogen) atoms. The van der Waals surface area contributed by atoms with E-state index < -0.39 is 24.0 Å². The van der Waals surface area contributed by atoms with Gasteiger partial charge in [0.25, 0.3) is 11.8 Å². The number of nitrogens with zero attached hydrogens (tertiary/aromatic N) is 8. The van der Waals surface area contributed by atoms with Gasteiger partial charge >= 0.3 is 6.18 Å². The molecule has 1 unspecified atom stereocenters. The molecule has 9 rings (SSSR count). The number of aliphatic hydroxyl groups excluding tert-OH is 1. The third kappa shape index (κ3) is 9.31. The minimum Gasteiger partial charge on any atom is -0.478 e. The van der Waals surface area contributed by atoms with Crippen molar-refractivity contribution in [1.82, 2.24) is 24.4 Å². The van der Waals surface area contributed by atoms with E-state index in [9.17, 15) is 32.3 Å². The Hall–Kier alpha value is -6.53. The van der Waals surface area contributed by atoms with E-state index >= 15 is 0 Å². The second-order valence-electron chi connectivity index (χ2n) is 20.7. The molecule has 0 saturated carbocycles. The minimum absolute atomic E-state index is 0.00585. The Labute approximate surface area is 411 Å². The maximum absolute atomic E-state index is 14.8. The molecule has 1 aliphatic carbocycles. The summed E-state index contributed by atoms with van der Waals surface area (Å²) < 4.78 is 64.4. The molecule has 0 radical (unpaired) electrons. The number of halogens is 4. The largest absolute Gasteiger partial charge is 0.478 e. The summed E-state index contributed by atoms with van der Waals surface area (Å²) in [5.41, 5.74) is 4.43. The summed E-state index contributed by atoms with van der Waals surface area (Å²) in [5.74, 6) is -0.582. The first kappa shape index (κ1) is 49.5. The minimum atomic E-state index is -4.61. The fourth-order valence-corrected chi connectivity index (χ4v) is 11.1. The average Bonchev–Trinajstić information content (AvgIpc) is 3.83. The van der Waals surface area contributed by atoms with E-state index in [0.717, 1.165) is 64.4 Å². The predicted molar refractivity (Wildman–Crippen MR) is 267 cm³/mol. The number of hydrogen-bond acceptors (Lipinski definition) is 11. The summed E-state index contributed by atoms with van der Waals surface area (Å²) in [6, 6.07) is 13.7. The molecule has 5 aromatic rings. The average molecular weight is 979 g/mol. The SMILES string of the molecule is C=CC(=O)Nc1cc(Nc2nc(-c3ccnc(N4CCn5c(cc6c5CC(C)(C)C6)C4=O)c3CO)cnc2OC)ccc1N1CCN(C2CCN(c3ccc(F)c(C(C)(C)C(F)(F)F)c3)[C@H](C)C2)C[C@@H]1C. The number of aromatic nitrogens is 4. The van der Waals surface area contributed by atoms with Crippen LogP contribution in [0.4, 0.5) is 51.9 Å². The smallest absolute Gasteiger partial charge is 0.398 e. The molecule has 376 valence electrons. The van der Waals surface area contributed by atoms with Gasteiger partial charge in [0, 0.05) is 97.3 Å². The van der Waals surface area contributed by atoms with Gasteiger partial charge in [0.15, 0.2) is 5.82 Å². The molecule has 3 aliphatic heterocycles. The molecule has 0 spiro atoms. The molecule has 2 saturated heterocycles. The third-order valence-corrected chi connectivity index (χ3v) is 15.0. The number of aliphatic hydroxyl groups is 1. The van der Waals surface area contributed by atoms with E-state index in [1.165, 1.54) is 30.5 Å². The number of pyridine rings is 1. The number of methoxy groups -OCH3 is 1. The second kappa shape index (κ2) is 18.9. The van der Waals surface area contributed by atoms with Crippen LogP contribution in [0.2, 0.25) is 0 Å². The number of nitrogens with one attached hydrogen (secondary N) is 2. The van der Waals surface area contributed by atoms with Crippen LogP contribution in [0.3, 0.4) is 0 Å².